The molecule has 8 heteroatoms. The zero-order valence-corrected chi connectivity index (χ0v) is 15.9. The number of fused-ring (bicyclic) bond motifs is 1. The first-order valence-corrected chi connectivity index (χ1v) is 9.06. The zero-order chi connectivity index (χ0) is 20.3. The summed E-state index contributed by atoms with van der Waals surface area (Å²) in [6.07, 6.45) is -1.11. The number of rotatable bonds is 4. The van der Waals surface area contributed by atoms with Crippen LogP contribution in [0.4, 0.5) is 4.79 Å². The third kappa shape index (κ3) is 3.88. The number of aliphatic hydroxyl groups is 1. The Balaban J connectivity index is 1.98. The summed E-state index contributed by atoms with van der Waals surface area (Å²) in [7, 11) is 2.80. The second-order valence-electron chi connectivity index (χ2n) is 6.72. The van der Waals surface area contributed by atoms with Crippen molar-refractivity contribution in [1.82, 2.24) is 9.96 Å². The molecule has 0 unspecified atom stereocenters. The van der Waals surface area contributed by atoms with Crippen molar-refractivity contribution in [3.8, 4) is 5.75 Å². The van der Waals surface area contributed by atoms with Crippen molar-refractivity contribution in [3.05, 3.63) is 42.0 Å². The first-order valence-electron chi connectivity index (χ1n) is 9.06. The fourth-order valence-corrected chi connectivity index (χ4v) is 3.57. The molecule has 8 nitrogen and oxygen atoms in total. The first-order chi connectivity index (χ1) is 13.5. The van der Waals surface area contributed by atoms with Crippen molar-refractivity contribution in [3.63, 3.8) is 0 Å². The van der Waals surface area contributed by atoms with E-state index in [1.807, 2.05) is 24.3 Å². The lowest BCUT2D eigenvalue weighted by atomic mass is 10.0. The SMILES string of the molecule is COc1cc2ccccc2cc1C(=O)N(OC)[C@@H]1CN(C(=O)O)CCC[C@H]1O. The molecule has 3 rings (SSSR count). The number of likely N-dealkylation sites (tertiary alicyclic amines) is 1. The number of benzene rings is 2. The van der Waals surface area contributed by atoms with Crippen LogP contribution in [-0.2, 0) is 4.84 Å². The molecule has 1 saturated heterocycles. The number of carbonyl (C=O) groups excluding carboxylic acids is 1. The minimum Gasteiger partial charge on any atom is -0.496 e. The molecule has 0 radical (unpaired) electrons. The maximum atomic E-state index is 13.3. The van der Waals surface area contributed by atoms with Gasteiger partial charge in [0.25, 0.3) is 5.91 Å². The van der Waals surface area contributed by atoms with Crippen LogP contribution in [0.25, 0.3) is 10.8 Å². The van der Waals surface area contributed by atoms with Crippen molar-refractivity contribution in [2.75, 3.05) is 27.3 Å². The minimum atomic E-state index is -1.09. The maximum absolute atomic E-state index is 13.3. The lowest BCUT2D eigenvalue weighted by Gasteiger charge is -2.33. The molecule has 2 aromatic carbocycles. The van der Waals surface area contributed by atoms with Crippen molar-refractivity contribution in [2.45, 2.75) is 25.0 Å². The Bertz CT molecular complexity index is 871. The Morgan fingerprint density at radius 2 is 1.86 bits per heavy atom. The predicted octanol–water partition coefficient (Wildman–Crippen LogP) is 2.36. The highest BCUT2D eigenvalue weighted by atomic mass is 16.7. The minimum absolute atomic E-state index is 0.0357. The number of carboxylic acid groups (broad SMARTS) is 1. The fourth-order valence-electron chi connectivity index (χ4n) is 3.57. The molecule has 1 fully saturated rings. The van der Waals surface area contributed by atoms with Crippen molar-refractivity contribution in [1.29, 1.82) is 0 Å². The molecule has 28 heavy (non-hydrogen) atoms. The molecule has 2 amide bonds. The van der Waals surface area contributed by atoms with Crippen LogP contribution < -0.4 is 4.74 Å². The summed E-state index contributed by atoms with van der Waals surface area (Å²) < 4.78 is 5.40. The Morgan fingerprint density at radius 1 is 1.18 bits per heavy atom. The highest BCUT2D eigenvalue weighted by Gasteiger charge is 2.36. The summed E-state index contributed by atoms with van der Waals surface area (Å²) in [5.74, 6) is -0.120. The summed E-state index contributed by atoms with van der Waals surface area (Å²) in [4.78, 5) is 31.2. The molecule has 0 bridgehead atoms. The Labute approximate surface area is 162 Å². The molecule has 150 valence electrons. The van der Waals surface area contributed by atoms with Crippen LogP contribution in [0.1, 0.15) is 23.2 Å². The van der Waals surface area contributed by atoms with Gasteiger partial charge in [-0.15, -0.1) is 0 Å². The first kappa shape index (κ1) is 19.9. The molecule has 2 atom stereocenters. The van der Waals surface area contributed by atoms with Gasteiger partial charge in [0, 0.05) is 13.1 Å². The van der Waals surface area contributed by atoms with E-state index in [1.54, 1.807) is 12.1 Å². The van der Waals surface area contributed by atoms with Gasteiger partial charge in [-0.2, -0.15) is 0 Å². The summed E-state index contributed by atoms with van der Waals surface area (Å²) in [6.45, 7) is 0.264. The van der Waals surface area contributed by atoms with Crippen molar-refractivity contribution < 1.29 is 29.4 Å². The van der Waals surface area contributed by atoms with Crippen LogP contribution in [0.15, 0.2) is 36.4 Å². The number of ether oxygens (including phenoxy) is 1. The Morgan fingerprint density at radius 3 is 2.46 bits per heavy atom. The highest BCUT2D eigenvalue weighted by molar-refractivity contribution is 6.01. The molecular formula is C20H24N2O6. The van der Waals surface area contributed by atoms with E-state index in [1.165, 1.54) is 19.1 Å². The monoisotopic (exact) mass is 388 g/mol. The average Bonchev–Trinajstić information content (AvgIpc) is 2.89. The number of aliphatic hydroxyl groups excluding tert-OH is 1. The van der Waals surface area contributed by atoms with Gasteiger partial charge in [-0.25, -0.2) is 9.86 Å². The standard InChI is InChI=1S/C20H24N2O6/c1-27-18-11-14-7-4-3-6-13(14)10-15(18)19(24)22(28-2)16-12-21(20(25)26)9-5-8-17(16)23/h3-4,6-7,10-11,16-17,23H,5,8-9,12H2,1-2H3,(H,25,26)/t16-,17-/m1/s1. The summed E-state index contributed by atoms with van der Waals surface area (Å²) in [6, 6.07) is 10.2. The third-order valence-corrected chi connectivity index (χ3v) is 5.05. The second kappa shape index (κ2) is 8.45. The Hall–Kier alpha value is -2.84. The van der Waals surface area contributed by atoms with E-state index in [-0.39, 0.29) is 12.1 Å². The highest BCUT2D eigenvalue weighted by Crippen LogP contribution is 2.29. The molecule has 0 saturated carbocycles. The van der Waals surface area contributed by atoms with Crippen LogP contribution in [0.5, 0.6) is 5.75 Å². The quantitative estimate of drug-likeness (QED) is 0.780. The fraction of sp³-hybridized carbons (Fsp3) is 0.400. The van der Waals surface area contributed by atoms with Gasteiger partial charge in [-0.05, 0) is 35.7 Å². The van der Waals surface area contributed by atoms with Gasteiger partial charge in [0.2, 0.25) is 0 Å². The van der Waals surface area contributed by atoms with Crippen LogP contribution in [0.2, 0.25) is 0 Å². The normalized spacial score (nSPS) is 19.9. The number of amides is 2. The molecule has 0 aromatic heterocycles. The van der Waals surface area contributed by atoms with E-state index in [2.05, 4.69) is 0 Å². The zero-order valence-electron chi connectivity index (χ0n) is 15.9. The number of hydrogen-bond donors (Lipinski definition) is 2. The summed E-state index contributed by atoms with van der Waals surface area (Å²) >= 11 is 0. The van der Waals surface area contributed by atoms with Crippen LogP contribution in [0, 0.1) is 0 Å². The predicted molar refractivity (Wildman–Crippen MR) is 102 cm³/mol. The lowest BCUT2D eigenvalue weighted by Crippen LogP contribution is -2.51. The van der Waals surface area contributed by atoms with E-state index >= 15 is 0 Å². The van der Waals surface area contributed by atoms with Gasteiger partial charge in [-0.3, -0.25) is 9.63 Å². The molecule has 2 N–H and O–H groups in total. The van der Waals surface area contributed by atoms with Crippen LogP contribution in [0.3, 0.4) is 0 Å². The van der Waals surface area contributed by atoms with Gasteiger partial charge in [0.1, 0.15) is 11.8 Å². The maximum Gasteiger partial charge on any atom is 0.407 e. The van der Waals surface area contributed by atoms with Crippen molar-refractivity contribution in [2.24, 2.45) is 0 Å². The van der Waals surface area contributed by atoms with E-state index in [0.717, 1.165) is 15.8 Å². The molecule has 0 spiro atoms. The topological polar surface area (TPSA) is 99.5 Å². The number of carbonyl (C=O) groups is 2. The average molecular weight is 388 g/mol. The molecule has 2 aromatic rings. The molecule has 1 heterocycles. The number of hydroxylamine groups is 2. The van der Waals surface area contributed by atoms with Gasteiger partial charge >= 0.3 is 6.09 Å². The van der Waals surface area contributed by atoms with Crippen LogP contribution >= 0.6 is 0 Å². The number of hydrogen-bond acceptors (Lipinski definition) is 5. The van der Waals surface area contributed by atoms with E-state index in [9.17, 15) is 19.8 Å². The van der Waals surface area contributed by atoms with Crippen LogP contribution in [-0.4, -0.2) is 71.6 Å². The largest absolute Gasteiger partial charge is 0.496 e. The molecular weight excluding hydrogens is 364 g/mol. The summed E-state index contributed by atoms with van der Waals surface area (Å²) in [5, 5.41) is 22.7. The number of methoxy groups -OCH3 is 1. The van der Waals surface area contributed by atoms with Gasteiger partial charge in [0.15, 0.2) is 0 Å². The number of nitrogens with zero attached hydrogens (tertiary/aromatic N) is 2. The van der Waals surface area contributed by atoms with Gasteiger partial charge in [0.05, 0.1) is 25.9 Å². The van der Waals surface area contributed by atoms with Crippen molar-refractivity contribution >= 4 is 22.8 Å². The van der Waals surface area contributed by atoms with E-state index in [0.29, 0.717) is 25.1 Å². The lowest BCUT2D eigenvalue weighted by molar-refractivity contribution is -0.149. The third-order valence-electron chi connectivity index (χ3n) is 5.05. The second-order valence-corrected chi connectivity index (χ2v) is 6.72. The molecule has 1 aliphatic heterocycles. The van der Waals surface area contributed by atoms with Gasteiger partial charge in [-0.1, -0.05) is 24.3 Å². The smallest absolute Gasteiger partial charge is 0.407 e. The van der Waals surface area contributed by atoms with Gasteiger partial charge < -0.3 is 19.8 Å². The molecule has 0 aliphatic carbocycles. The Kier molecular flexibility index (Phi) is 6.01. The molecule has 1 aliphatic rings. The van der Waals surface area contributed by atoms with E-state index < -0.39 is 24.1 Å². The van der Waals surface area contributed by atoms with E-state index in [4.69, 9.17) is 9.57 Å². The summed E-state index contributed by atoms with van der Waals surface area (Å²) in [5.41, 5.74) is 0.279.